The normalized spacial score (nSPS) is 12.7. The number of rotatable bonds is 2. The van der Waals surface area contributed by atoms with Crippen LogP contribution >= 0.6 is 8.60 Å². The third-order valence-corrected chi connectivity index (χ3v) is 1.04. The Labute approximate surface area is 56.7 Å². The van der Waals surface area contributed by atoms with Gasteiger partial charge in [-0.2, -0.15) is 14.3 Å². The molecule has 0 aliphatic rings. The zero-order valence-corrected chi connectivity index (χ0v) is 7.01. The standard InChI is InChI=1S/C5H14O3P/c1-5(2,3)4-8-9(6)7/h6-7,9H,4H2,1-3H3/q+1. The molecule has 0 aromatic rings. The average Bonchev–Trinajstić information content (AvgIpc) is 1.59. The molecule has 0 aliphatic carbocycles. The second-order valence-electron chi connectivity index (χ2n) is 3.13. The van der Waals surface area contributed by atoms with Gasteiger partial charge >= 0.3 is 8.60 Å². The lowest BCUT2D eigenvalue weighted by Crippen LogP contribution is -2.12. The number of hydrogen-bond acceptors (Lipinski definition) is 3. The first-order valence-corrected chi connectivity index (χ1v) is 4.10. The van der Waals surface area contributed by atoms with Gasteiger partial charge in [0.1, 0.15) is 6.61 Å². The van der Waals surface area contributed by atoms with Crippen molar-refractivity contribution in [2.45, 2.75) is 20.8 Å². The van der Waals surface area contributed by atoms with Crippen molar-refractivity contribution in [3.8, 4) is 0 Å². The Bertz CT molecular complexity index is 76.8. The van der Waals surface area contributed by atoms with Crippen molar-refractivity contribution in [2.24, 2.45) is 5.41 Å². The molecule has 0 radical (unpaired) electrons. The quantitative estimate of drug-likeness (QED) is 0.581. The molecular formula is C5H14O3P+. The Hall–Kier alpha value is 0.310. The van der Waals surface area contributed by atoms with Gasteiger partial charge in [0.2, 0.25) is 0 Å². The Balaban J connectivity index is 3.28. The van der Waals surface area contributed by atoms with E-state index in [0.29, 0.717) is 6.61 Å². The molecule has 9 heavy (non-hydrogen) atoms. The molecule has 0 fully saturated rings. The topological polar surface area (TPSA) is 49.7 Å². The van der Waals surface area contributed by atoms with Crippen molar-refractivity contribution < 1.29 is 14.3 Å². The maximum Gasteiger partial charge on any atom is 0.392 e. The second-order valence-corrected chi connectivity index (χ2v) is 3.99. The third-order valence-electron chi connectivity index (χ3n) is 0.634. The second kappa shape index (κ2) is 3.47. The van der Waals surface area contributed by atoms with Gasteiger partial charge in [0, 0.05) is 0 Å². The first-order valence-electron chi connectivity index (χ1n) is 2.79. The summed E-state index contributed by atoms with van der Waals surface area (Å²) in [4.78, 5) is 16.7. The van der Waals surface area contributed by atoms with Crippen molar-refractivity contribution in [1.82, 2.24) is 0 Å². The molecule has 56 valence electrons. The zero-order valence-electron chi connectivity index (χ0n) is 6.01. The molecule has 0 aromatic heterocycles. The fraction of sp³-hybridized carbons (Fsp3) is 1.00. The molecule has 0 saturated carbocycles. The van der Waals surface area contributed by atoms with E-state index in [4.69, 9.17) is 9.79 Å². The molecule has 4 heteroatoms. The summed E-state index contributed by atoms with van der Waals surface area (Å²) in [5, 5.41) is 0. The van der Waals surface area contributed by atoms with E-state index in [1.165, 1.54) is 0 Å². The summed E-state index contributed by atoms with van der Waals surface area (Å²) in [6.45, 7) is 6.31. The highest BCUT2D eigenvalue weighted by Gasteiger charge is 2.16. The van der Waals surface area contributed by atoms with E-state index < -0.39 is 8.60 Å². The van der Waals surface area contributed by atoms with E-state index in [1.807, 2.05) is 20.8 Å². The van der Waals surface area contributed by atoms with Gasteiger partial charge in [-0.25, -0.2) is 0 Å². The van der Waals surface area contributed by atoms with Gasteiger partial charge in [-0.15, -0.1) is 0 Å². The van der Waals surface area contributed by atoms with Gasteiger partial charge < -0.3 is 0 Å². The molecule has 0 rings (SSSR count). The fourth-order valence-corrected chi connectivity index (χ4v) is 0.843. The van der Waals surface area contributed by atoms with Gasteiger partial charge in [-0.1, -0.05) is 20.8 Å². The van der Waals surface area contributed by atoms with Gasteiger partial charge in [0.05, 0.1) is 0 Å². The smallest absolute Gasteiger partial charge is 0.194 e. The summed E-state index contributed by atoms with van der Waals surface area (Å²) in [5.74, 6) is 0. The van der Waals surface area contributed by atoms with E-state index in [0.717, 1.165) is 0 Å². The van der Waals surface area contributed by atoms with Crippen LogP contribution < -0.4 is 0 Å². The third kappa shape index (κ3) is 8.31. The summed E-state index contributed by atoms with van der Waals surface area (Å²) in [6.07, 6.45) is 0. The van der Waals surface area contributed by atoms with Crippen LogP contribution in [0.4, 0.5) is 0 Å². The molecule has 0 heterocycles. The maximum atomic E-state index is 8.35. The van der Waals surface area contributed by atoms with Crippen LogP contribution in [0.15, 0.2) is 0 Å². The molecule has 2 N–H and O–H groups in total. The first kappa shape index (κ1) is 9.31. The summed E-state index contributed by atoms with van der Waals surface area (Å²) in [7, 11) is -2.47. The van der Waals surface area contributed by atoms with Crippen LogP contribution in [0.25, 0.3) is 0 Å². The Morgan fingerprint density at radius 1 is 1.33 bits per heavy atom. The van der Waals surface area contributed by atoms with Crippen molar-refractivity contribution in [1.29, 1.82) is 0 Å². The molecule has 3 nitrogen and oxygen atoms in total. The summed E-state index contributed by atoms with van der Waals surface area (Å²) in [5.41, 5.74) is 0.0153. The van der Waals surface area contributed by atoms with Crippen molar-refractivity contribution in [3.05, 3.63) is 0 Å². The van der Waals surface area contributed by atoms with Crippen molar-refractivity contribution in [2.75, 3.05) is 6.61 Å². The van der Waals surface area contributed by atoms with Crippen LogP contribution in [0.5, 0.6) is 0 Å². The largest absolute Gasteiger partial charge is 0.392 e. The molecule has 0 bridgehead atoms. The monoisotopic (exact) mass is 153 g/mol. The summed E-state index contributed by atoms with van der Waals surface area (Å²) in [6, 6.07) is 0. The average molecular weight is 153 g/mol. The molecular weight excluding hydrogens is 139 g/mol. The SMILES string of the molecule is CC(C)(C)CO[PH+](O)O. The minimum absolute atomic E-state index is 0.0153. The lowest BCUT2D eigenvalue weighted by atomic mass is 9.99. The summed E-state index contributed by atoms with van der Waals surface area (Å²) >= 11 is 0. The first-order chi connectivity index (χ1) is 3.92. The number of hydrogen-bond donors (Lipinski definition) is 2. The van der Waals surface area contributed by atoms with Crippen molar-refractivity contribution in [3.63, 3.8) is 0 Å². The lowest BCUT2D eigenvalue weighted by Gasteiger charge is -2.14. The van der Waals surface area contributed by atoms with E-state index in [1.54, 1.807) is 0 Å². The Kier molecular flexibility index (Phi) is 3.59. The highest BCUT2D eigenvalue weighted by molar-refractivity contribution is 7.39. The maximum absolute atomic E-state index is 8.35. The molecule has 0 atom stereocenters. The van der Waals surface area contributed by atoms with Crippen LogP contribution in [-0.2, 0) is 4.52 Å². The highest BCUT2D eigenvalue weighted by atomic mass is 31.2. The Morgan fingerprint density at radius 3 is 1.89 bits per heavy atom. The van der Waals surface area contributed by atoms with Crippen LogP contribution in [0.2, 0.25) is 0 Å². The van der Waals surface area contributed by atoms with Crippen LogP contribution in [0.1, 0.15) is 20.8 Å². The van der Waals surface area contributed by atoms with E-state index in [-0.39, 0.29) is 5.41 Å². The fourth-order valence-electron chi connectivity index (χ4n) is 0.281. The van der Waals surface area contributed by atoms with Gasteiger partial charge in [0.25, 0.3) is 0 Å². The minimum Gasteiger partial charge on any atom is -0.194 e. The zero-order chi connectivity index (χ0) is 7.49. The van der Waals surface area contributed by atoms with E-state index >= 15 is 0 Å². The molecule has 0 amide bonds. The van der Waals surface area contributed by atoms with Gasteiger partial charge in [-0.05, 0) is 5.41 Å². The van der Waals surface area contributed by atoms with Gasteiger partial charge in [-0.3, -0.25) is 0 Å². The molecule has 0 unspecified atom stereocenters. The van der Waals surface area contributed by atoms with Crippen LogP contribution in [0, 0.1) is 5.41 Å². The lowest BCUT2D eigenvalue weighted by molar-refractivity contribution is 0.172. The van der Waals surface area contributed by atoms with E-state index in [2.05, 4.69) is 4.52 Å². The highest BCUT2D eigenvalue weighted by Crippen LogP contribution is 2.28. The predicted octanol–water partition coefficient (Wildman–Crippen LogP) is 0.993. The van der Waals surface area contributed by atoms with Crippen LogP contribution in [-0.4, -0.2) is 16.4 Å². The molecule has 0 aromatic carbocycles. The van der Waals surface area contributed by atoms with Crippen LogP contribution in [0.3, 0.4) is 0 Å². The Morgan fingerprint density at radius 2 is 1.78 bits per heavy atom. The van der Waals surface area contributed by atoms with Gasteiger partial charge in [0.15, 0.2) is 0 Å². The molecule has 0 aliphatic heterocycles. The minimum atomic E-state index is -2.47. The molecule has 0 saturated heterocycles. The van der Waals surface area contributed by atoms with E-state index in [9.17, 15) is 0 Å². The predicted molar refractivity (Wildman–Crippen MR) is 38.2 cm³/mol. The molecule has 0 spiro atoms. The summed E-state index contributed by atoms with van der Waals surface area (Å²) < 4.78 is 4.62. The van der Waals surface area contributed by atoms with Crippen molar-refractivity contribution >= 4 is 8.60 Å².